The van der Waals surface area contributed by atoms with Gasteiger partial charge >= 0.3 is 0 Å². The Hall–Kier alpha value is -3.50. The van der Waals surface area contributed by atoms with Crippen molar-refractivity contribution in [3.8, 4) is 16.2 Å². The number of thiazole rings is 2. The normalized spacial score (nSPS) is 20.2. The van der Waals surface area contributed by atoms with E-state index in [1.54, 1.807) is 12.6 Å². The second kappa shape index (κ2) is 9.99. The van der Waals surface area contributed by atoms with Crippen molar-refractivity contribution in [2.75, 3.05) is 32.6 Å². The van der Waals surface area contributed by atoms with Crippen LogP contribution in [0.4, 0.5) is 5.13 Å². The van der Waals surface area contributed by atoms with Crippen molar-refractivity contribution >= 4 is 49.8 Å². The smallest absolute Gasteiger partial charge is 0.274 e. The molecule has 1 aliphatic carbocycles. The summed E-state index contributed by atoms with van der Waals surface area (Å²) in [6.45, 7) is 0.417. The monoisotopic (exact) mass is 547 g/mol. The molecule has 1 aliphatic heterocycles. The Balaban J connectivity index is 1.29. The highest BCUT2D eigenvalue weighted by molar-refractivity contribution is 7.19. The summed E-state index contributed by atoms with van der Waals surface area (Å²) in [4.78, 5) is 41.3. The first-order valence-corrected chi connectivity index (χ1v) is 14.4. The third kappa shape index (κ3) is 4.31. The molecule has 38 heavy (non-hydrogen) atoms. The van der Waals surface area contributed by atoms with Gasteiger partial charge in [0, 0.05) is 26.7 Å². The molecule has 1 saturated carbocycles. The molecule has 2 aromatic heterocycles. The summed E-state index contributed by atoms with van der Waals surface area (Å²) in [7, 11) is 5.50. The minimum atomic E-state index is -0.129. The third-order valence-corrected chi connectivity index (χ3v) is 9.73. The van der Waals surface area contributed by atoms with Crippen LogP contribution in [0.5, 0.6) is 5.75 Å². The molecular weight excluding hydrogens is 518 g/mol. The zero-order valence-electron chi connectivity index (χ0n) is 21.5. The number of aromatic nitrogens is 2. The van der Waals surface area contributed by atoms with E-state index >= 15 is 0 Å². The number of likely N-dealkylation sites (tertiary alicyclic amines) is 1. The number of piperidine rings is 1. The molecule has 4 aromatic rings. The number of carbonyl (C=O) groups is 2. The van der Waals surface area contributed by atoms with Gasteiger partial charge in [-0.3, -0.25) is 9.59 Å². The van der Waals surface area contributed by atoms with Gasteiger partial charge in [0.05, 0.1) is 39.3 Å². The average Bonchev–Trinajstić information content (AvgIpc) is 3.74. The molecule has 8 nitrogen and oxygen atoms in total. The van der Waals surface area contributed by atoms with E-state index in [4.69, 9.17) is 9.72 Å². The molecular formula is C28H29N5O3S2. The maximum Gasteiger partial charge on any atom is 0.274 e. The lowest BCUT2D eigenvalue weighted by Gasteiger charge is -2.35. The number of anilines is 1. The number of methoxy groups -OCH3 is 1. The van der Waals surface area contributed by atoms with Crippen LogP contribution in [0.3, 0.4) is 0 Å². The third-order valence-electron chi connectivity index (χ3n) is 7.58. The average molecular weight is 548 g/mol. The molecule has 6 rings (SSSR count). The molecule has 2 amide bonds. The first-order chi connectivity index (χ1) is 18.4. The van der Waals surface area contributed by atoms with Crippen LogP contribution < -0.4 is 15.0 Å². The van der Waals surface area contributed by atoms with Crippen LogP contribution in [0.2, 0.25) is 0 Å². The molecule has 1 N–H and O–H groups in total. The van der Waals surface area contributed by atoms with Crippen molar-refractivity contribution in [1.82, 2.24) is 20.2 Å². The fourth-order valence-electron chi connectivity index (χ4n) is 5.76. The number of fused-ring (bicyclic) bond motifs is 3. The van der Waals surface area contributed by atoms with Crippen LogP contribution in [0.25, 0.3) is 20.7 Å². The predicted octanol–water partition coefficient (Wildman–Crippen LogP) is 4.92. The Kier molecular flexibility index (Phi) is 6.53. The van der Waals surface area contributed by atoms with Crippen LogP contribution in [0.1, 0.15) is 40.1 Å². The first kappa shape index (κ1) is 24.8. The lowest BCUT2D eigenvalue weighted by Crippen LogP contribution is -2.50. The molecule has 2 aromatic carbocycles. The van der Waals surface area contributed by atoms with E-state index in [0.29, 0.717) is 23.7 Å². The maximum atomic E-state index is 14.2. The molecule has 2 bridgehead atoms. The van der Waals surface area contributed by atoms with Gasteiger partial charge in [0.2, 0.25) is 0 Å². The van der Waals surface area contributed by atoms with Crippen molar-refractivity contribution in [3.63, 3.8) is 0 Å². The van der Waals surface area contributed by atoms with Crippen molar-refractivity contribution < 1.29 is 14.3 Å². The highest BCUT2D eigenvalue weighted by Crippen LogP contribution is 2.44. The van der Waals surface area contributed by atoms with Crippen molar-refractivity contribution in [2.45, 2.75) is 31.3 Å². The van der Waals surface area contributed by atoms with E-state index in [1.165, 1.54) is 22.7 Å². The zero-order chi connectivity index (χ0) is 26.4. The number of hydrogen-bond donors (Lipinski definition) is 1. The number of hydrogen-bond acceptors (Lipinski definition) is 8. The van der Waals surface area contributed by atoms with Crippen molar-refractivity contribution in [1.29, 1.82) is 0 Å². The van der Waals surface area contributed by atoms with Crippen LogP contribution in [-0.4, -0.2) is 66.5 Å². The zero-order valence-corrected chi connectivity index (χ0v) is 23.1. The highest BCUT2D eigenvalue weighted by Gasteiger charge is 2.49. The molecule has 3 heterocycles. The first-order valence-electron chi connectivity index (χ1n) is 12.7. The molecule has 196 valence electrons. The Bertz CT molecular complexity index is 1510. The van der Waals surface area contributed by atoms with Crippen molar-refractivity contribution in [3.05, 3.63) is 59.2 Å². The number of carbonyl (C=O) groups excluding carboxylic acids is 2. The van der Waals surface area contributed by atoms with Gasteiger partial charge in [0.25, 0.3) is 11.8 Å². The number of ether oxygens (including phenoxy) is 1. The molecule has 0 spiro atoms. The van der Waals surface area contributed by atoms with Crippen molar-refractivity contribution in [2.24, 2.45) is 5.92 Å². The Morgan fingerprint density at radius 3 is 2.84 bits per heavy atom. The Morgan fingerprint density at radius 2 is 2.03 bits per heavy atom. The number of rotatable bonds is 7. The minimum Gasteiger partial charge on any atom is -0.497 e. The molecule has 0 radical (unpaired) electrons. The molecule has 0 unspecified atom stereocenters. The van der Waals surface area contributed by atoms with Gasteiger partial charge in [-0.1, -0.05) is 29.5 Å². The molecule has 2 fully saturated rings. The van der Waals surface area contributed by atoms with Gasteiger partial charge in [-0.2, -0.15) is 0 Å². The largest absolute Gasteiger partial charge is 0.497 e. The molecule has 1 saturated heterocycles. The van der Waals surface area contributed by atoms with E-state index in [0.717, 1.165) is 50.8 Å². The number of nitrogens with one attached hydrogen (secondary N) is 1. The summed E-state index contributed by atoms with van der Waals surface area (Å²) in [5.41, 5.74) is 4.58. The van der Waals surface area contributed by atoms with Crippen LogP contribution in [0, 0.1) is 5.92 Å². The predicted molar refractivity (Wildman–Crippen MR) is 151 cm³/mol. The van der Waals surface area contributed by atoms with E-state index in [-0.39, 0.29) is 23.9 Å². The van der Waals surface area contributed by atoms with Gasteiger partial charge < -0.3 is 19.9 Å². The lowest BCUT2D eigenvalue weighted by molar-refractivity contribution is 0.0578. The maximum absolute atomic E-state index is 14.2. The quantitative estimate of drug-likeness (QED) is 0.354. The minimum absolute atomic E-state index is 0.0615. The number of benzene rings is 2. The van der Waals surface area contributed by atoms with Crippen LogP contribution >= 0.6 is 22.7 Å². The van der Waals surface area contributed by atoms with E-state index in [9.17, 15) is 9.59 Å². The summed E-state index contributed by atoms with van der Waals surface area (Å²) < 4.78 is 6.32. The summed E-state index contributed by atoms with van der Waals surface area (Å²) >= 11 is 2.97. The molecule has 3 atom stereocenters. The van der Waals surface area contributed by atoms with Gasteiger partial charge in [0.15, 0.2) is 5.13 Å². The van der Waals surface area contributed by atoms with Gasteiger partial charge in [-0.15, -0.1) is 11.3 Å². The SMILES string of the molecule is COc1cccc(-c2sc(N(C)C)nc2C(=O)N2[C@@H]3CC[C@@H](C3)[C@H]2CNC(=O)c2cccc3ncsc23)c1. The van der Waals surface area contributed by atoms with E-state index in [2.05, 4.69) is 10.3 Å². The Morgan fingerprint density at radius 1 is 1.18 bits per heavy atom. The fraction of sp³-hybridized carbons (Fsp3) is 0.357. The second-order valence-electron chi connectivity index (χ2n) is 10.0. The summed E-state index contributed by atoms with van der Waals surface area (Å²) in [5.74, 6) is 0.909. The van der Waals surface area contributed by atoms with Gasteiger partial charge in [-0.05, 0) is 55.0 Å². The van der Waals surface area contributed by atoms with Gasteiger partial charge in [-0.25, -0.2) is 9.97 Å². The van der Waals surface area contributed by atoms with Crippen LogP contribution in [0.15, 0.2) is 48.0 Å². The standard InChI is InChI=1S/C28H29N5O3S2/c1-32(2)28-31-23(24(38-28)17-6-4-7-19(13-17)36-3)27(35)33-18-11-10-16(12-18)22(33)14-29-26(34)20-8-5-9-21-25(20)37-15-30-21/h4-9,13,15-16,18,22H,10-12,14H2,1-3H3,(H,29,34)/t16-,18+,22+/m0/s1. The lowest BCUT2D eigenvalue weighted by atomic mass is 9.98. The number of amides is 2. The van der Waals surface area contributed by atoms with E-state index < -0.39 is 0 Å². The second-order valence-corrected chi connectivity index (χ2v) is 11.9. The molecule has 2 aliphatic rings. The summed E-state index contributed by atoms with van der Waals surface area (Å²) in [6, 6.07) is 13.5. The highest BCUT2D eigenvalue weighted by atomic mass is 32.1. The summed E-state index contributed by atoms with van der Waals surface area (Å²) in [5, 5.41) is 3.91. The topological polar surface area (TPSA) is 87.7 Å². The number of nitrogens with zero attached hydrogens (tertiary/aromatic N) is 4. The molecule has 10 heteroatoms. The van der Waals surface area contributed by atoms with Gasteiger partial charge in [0.1, 0.15) is 11.4 Å². The summed E-state index contributed by atoms with van der Waals surface area (Å²) in [6.07, 6.45) is 3.03. The van der Waals surface area contributed by atoms with E-state index in [1.807, 2.05) is 66.4 Å². The fourth-order valence-corrected chi connectivity index (χ4v) is 7.54. The Labute approximate surface area is 229 Å². The van der Waals surface area contributed by atoms with Crippen LogP contribution in [-0.2, 0) is 0 Å².